The SMILES string of the molecule is C=C(C)N1C(=O)C2(C=C1CCCC)CCCC2. The maximum absolute atomic E-state index is 12.6. The molecule has 0 atom stereocenters. The Morgan fingerprint density at radius 1 is 1.47 bits per heavy atom. The molecule has 1 aliphatic heterocycles. The van der Waals surface area contributed by atoms with Crippen molar-refractivity contribution in [2.45, 2.75) is 58.8 Å². The van der Waals surface area contributed by atoms with E-state index in [-0.39, 0.29) is 11.3 Å². The van der Waals surface area contributed by atoms with Gasteiger partial charge >= 0.3 is 0 Å². The van der Waals surface area contributed by atoms with Crippen molar-refractivity contribution in [2.24, 2.45) is 5.41 Å². The monoisotopic (exact) mass is 233 g/mol. The molecule has 0 aromatic heterocycles. The zero-order chi connectivity index (χ0) is 12.5. The van der Waals surface area contributed by atoms with Gasteiger partial charge in [-0.05, 0) is 38.7 Å². The van der Waals surface area contributed by atoms with Crippen molar-refractivity contribution < 1.29 is 4.79 Å². The van der Waals surface area contributed by atoms with Gasteiger partial charge in [0, 0.05) is 11.4 Å². The quantitative estimate of drug-likeness (QED) is 0.718. The van der Waals surface area contributed by atoms with Crippen molar-refractivity contribution in [3.8, 4) is 0 Å². The molecule has 0 N–H and O–H groups in total. The van der Waals surface area contributed by atoms with Crippen LogP contribution in [0.3, 0.4) is 0 Å². The molecule has 0 bridgehead atoms. The minimum Gasteiger partial charge on any atom is -0.289 e. The van der Waals surface area contributed by atoms with Gasteiger partial charge in [0.25, 0.3) is 0 Å². The number of hydrogen-bond acceptors (Lipinski definition) is 1. The van der Waals surface area contributed by atoms with Gasteiger partial charge < -0.3 is 0 Å². The van der Waals surface area contributed by atoms with Crippen LogP contribution >= 0.6 is 0 Å². The average Bonchev–Trinajstić information content (AvgIpc) is 2.84. The van der Waals surface area contributed by atoms with E-state index in [1.807, 2.05) is 11.8 Å². The van der Waals surface area contributed by atoms with E-state index in [1.54, 1.807) is 0 Å². The largest absolute Gasteiger partial charge is 0.289 e. The summed E-state index contributed by atoms with van der Waals surface area (Å²) in [5.74, 6) is 0.286. The van der Waals surface area contributed by atoms with Crippen LogP contribution < -0.4 is 0 Å². The summed E-state index contributed by atoms with van der Waals surface area (Å²) in [6.45, 7) is 8.09. The normalized spacial score (nSPS) is 22.4. The lowest BCUT2D eigenvalue weighted by atomic mass is 9.86. The van der Waals surface area contributed by atoms with E-state index < -0.39 is 0 Å². The van der Waals surface area contributed by atoms with Gasteiger partial charge in [0.15, 0.2) is 0 Å². The number of carbonyl (C=O) groups excluding carboxylic acids is 1. The first-order chi connectivity index (χ1) is 8.10. The first-order valence-electron chi connectivity index (χ1n) is 6.82. The number of unbranched alkanes of at least 4 members (excludes halogenated alkanes) is 1. The van der Waals surface area contributed by atoms with Crippen LogP contribution in [0.1, 0.15) is 58.8 Å². The molecule has 1 spiro atoms. The van der Waals surface area contributed by atoms with Crippen molar-refractivity contribution in [2.75, 3.05) is 0 Å². The number of allylic oxidation sites excluding steroid dienone is 2. The summed E-state index contributed by atoms with van der Waals surface area (Å²) in [5.41, 5.74) is 1.91. The Balaban J connectivity index is 2.25. The third-order valence-corrected chi connectivity index (χ3v) is 4.02. The molecular weight excluding hydrogens is 210 g/mol. The Morgan fingerprint density at radius 3 is 2.65 bits per heavy atom. The second-order valence-corrected chi connectivity index (χ2v) is 5.48. The summed E-state index contributed by atoms with van der Waals surface area (Å²) in [5, 5.41) is 0. The molecule has 2 rings (SSSR count). The lowest BCUT2D eigenvalue weighted by Crippen LogP contribution is -2.33. The Hall–Kier alpha value is -1.05. The highest BCUT2D eigenvalue weighted by atomic mass is 16.2. The Labute approximate surface area is 104 Å². The van der Waals surface area contributed by atoms with Crippen molar-refractivity contribution >= 4 is 5.91 Å². The topological polar surface area (TPSA) is 20.3 Å². The van der Waals surface area contributed by atoms with Gasteiger partial charge in [0.05, 0.1) is 5.41 Å². The lowest BCUT2D eigenvalue weighted by Gasteiger charge is -2.24. The molecule has 1 amide bonds. The van der Waals surface area contributed by atoms with Crippen molar-refractivity contribution in [1.82, 2.24) is 4.90 Å². The summed E-state index contributed by atoms with van der Waals surface area (Å²) in [4.78, 5) is 14.4. The van der Waals surface area contributed by atoms with Crippen LogP contribution in [-0.2, 0) is 4.79 Å². The predicted molar refractivity (Wildman–Crippen MR) is 70.2 cm³/mol. The molecule has 17 heavy (non-hydrogen) atoms. The van der Waals surface area contributed by atoms with Gasteiger partial charge in [-0.3, -0.25) is 9.69 Å². The van der Waals surface area contributed by atoms with Gasteiger partial charge in [0.1, 0.15) is 0 Å². The molecular formula is C15H23NO. The highest BCUT2D eigenvalue weighted by molar-refractivity contribution is 5.91. The average molecular weight is 233 g/mol. The Morgan fingerprint density at radius 2 is 2.12 bits per heavy atom. The maximum atomic E-state index is 12.6. The van der Waals surface area contributed by atoms with Gasteiger partial charge in [-0.25, -0.2) is 0 Å². The van der Waals surface area contributed by atoms with Crippen LogP contribution in [0, 0.1) is 5.41 Å². The van der Waals surface area contributed by atoms with Gasteiger partial charge in [-0.1, -0.05) is 32.8 Å². The van der Waals surface area contributed by atoms with Crippen molar-refractivity contribution in [1.29, 1.82) is 0 Å². The van der Waals surface area contributed by atoms with Crippen LogP contribution in [0.4, 0.5) is 0 Å². The zero-order valence-corrected chi connectivity index (χ0v) is 11.1. The molecule has 0 aromatic carbocycles. The van der Waals surface area contributed by atoms with Crippen molar-refractivity contribution in [3.05, 3.63) is 24.0 Å². The molecule has 2 aliphatic rings. The number of nitrogens with zero attached hydrogens (tertiary/aromatic N) is 1. The molecule has 94 valence electrons. The minimum absolute atomic E-state index is 0.165. The smallest absolute Gasteiger partial charge is 0.241 e. The van der Waals surface area contributed by atoms with Gasteiger partial charge in [-0.2, -0.15) is 0 Å². The maximum Gasteiger partial charge on any atom is 0.241 e. The Kier molecular flexibility index (Phi) is 3.41. The van der Waals surface area contributed by atoms with E-state index in [4.69, 9.17) is 0 Å². The van der Waals surface area contributed by atoms with Crippen LogP contribution in [0.15, 0.2) is 24.0 Å². The lowest BCUT2D eigenvalue weighted by molar-refractivity contribution is -0.133. The first-order valence-corrected chi connectivity index (χ1v) is 6.82. The van der Waals surface area contributed by atoms with E-state index >= 15 is 0 Å². The highest BCUT2D eigenvalue weighted by Gasteiger charge is 2.47. The van der Waals surface area contributed by atoms with Crippen LogP contribution in [-0.4, -0.2) is 10.8 Å². The van der Waals surface area contributed by atoms with Gasteiger partial charge in [0.2, 0.25) is 5.91 Å². The predicted octanol–water partition coefficient (Wildman–Crippen LogP) is 4.00. The van der Waals surface area contributed by atoms with Crippen molar-refractivity contribution in [3.63, 3.8) is 0 Å². The number of amides is 1. The van der Waals surface area contributed by atoms with Crippen LogP contribution in [0.5, 0.6) is 0 Å². The molecule has 0 radical (unpaired) electrons. The van der Waals surface area contributed by atoms with E-state index in [0.29, 0.717) is 0 Å². The third kappa shape index (κ3) is 2.05. The standard InChI is InChI=1S/C15H23NO/c1-4-5-8-13-11-15(9-6-7-10-15)14(17)16(13)12(2)3/h11H,2,4-10H2,1,3H3. The fourth-order valence-corrected chi connectivity index (χ4v) is 3.12. The summed E-state index contributed by atoms with van der Waals surface area (Å²) in [6.07, 6.45) is 10.0. The van der Waals surface area contributed by atoms with E-state index in [9.17, 15) is 4.79 Å². The van der Waals surface area contributed by atoms with E-state index in [0.717, 1.165) is 31.4 Å². The molecule has 0 aromatic rings. The van der Waals surface area contributed by atoms with Crippen LogP contribution in [0.2, 0.25) is 0 Å². The number of rotatable bonds is 4. The Bertz CT molecular complexity index is 361. The first kappa shape index (κ1) is 12.4. The second kappa shape index (κ2) is 4.67. The number of carbonyl (C=O) groups is 1. The molecule has 0 saturated heterocycles. The molecule has 1 saturated carbocycles. The third-order valence-electron chi connectivity index (χ3n) is 4.02. The van der Waals surface area contributed by atoms with Gasteiger partial charge in [-0.15, -0.1) is 0 Å². The van der Waals surface area contributed by atoms with E-state index in [1.165, 1.54) is 25.0 Å². The summed E-state index contributed by atoms with van der Waals surface area (Å²) in [7, 11) is 0. The molecule has 1 aliphatic carbocycles. The fourth-order valence-electron chi connectivity index (χ4n) is 3.12. The minimum atomic E-state index is -0.165. The molecule has 2 heteroatoms. The molecule has 1 fully saturated rings. The molecule has 2 nitrogen and oxygen atoms in total. The summed E-state index contributed by atoms with van der Waals surface area (Å²) >= 11 is 0. The second-order valence-electron chi connectivity index (χ2n) is 5.48. The van der Waals surface area contributed by atoms with E-state index in [2.05, 4.69) is 19.6 Å². The number of hydrogen-bond donors (Lipinski definition) is 0. The molecule has 1 heterocycles. The summed E-state index contributed by atoms with van der Waals surface area (Å²) < 4.78 is 0. The van der Waals surface area contributed by atoms with Crippen LogP contribution in [0.25, 0.3) is 0 Å². The fraction of sp³-hybridized carbons (Fsp3) is 0.667. The summed E-state index contributed by atoms with van der Waals surface area (Å²) in [6, 6.07) is 0. The molecule has 0 unspecified atom stereocenters. The zero-order valence-electron chi connectivity index (χ0n) is 11.1. The highest BCUT2D eigenvalue weighted by Crippen LogP contribution is 2.48.